The molecule has 0 spiro atoms. The molecular formula is C15H27N3O2. The zero-order valence-electron chi connectivity index (χ0n) is 13.3. The maximum atomic E-state index is 12.6. The van der Waals surface area contributed by atoms with Gasteiger partial charge in [-0.1, -0.05) is 13.8 Å². The Labute approximate surface area is 122 Å². The third kappa shape index (κ3) is 4.46. The van der Waals surface area contributed by atoms with Gasteiger partial charge in [0.15, 0.2) is 0 Å². The van der Waals surface area contributed by atoms with E-state index in [1.54, 1.807) is 11.9 Å². The quantitative estimate of drug-likeness (QED) is 0.766. The maximum Gasteiger partial charge on any atom is 0.239 e. The van der Waals surface area contributed by atoms with Crippen LogP contribution in [-0.4, -0.2) is 60.6 Å². The summed E-state index contributed by atoms with van der Waals surface area (Å²) in [6, 6.07) is 1.96. The summed E-state index contributed by atoms with van der Waals surface area (Å²) >= 11 is 0. The van der Waals surface area contributed by atoms with Gasteiger partial charge in [0, 0.05) is 26.7 Å². The molecule has 3 atom stereocenters. The molecule has 0 saturated carbocycles. The molecule has 20 heavy (non-hydrogen) atoms. The van der Waals surface area contributed by atoms with Gasteiger partial charge in [0.25, 0.3) is 0 Å². The average Bonchev–Trinajstić information content (AvgIpc) is 2.34. The molecule has 1 aliphatic heterocycles. The van der Waals surface area contributed by atoms with Crippen LogP contribution in [0.4, 0.5) is 0 Å². The number of hydrogen-bond donors (Lipinski definition) is 0. The Kier molecular flexibility index (Phi) is 6.44. The number of hydrogen-bond acceptors (Lipinski definition) is 4. The molecule has 0 aliphatic carbocycles. The van der Waals surface area contributed by atoms with Gasteiger partial charge >= 0.3 is 0 Å². The van der Waals surface area contributed by atoms with Gasteiger partial charge in [-0.15, -0.1) is 0 Å². The molecule has 1 saturated heterocycles. The van der Waals surface area contributed by atoms with E-state index in [9.17, 15) is 4.79 Å². The molecule has 5 heteroatoms. The summed E-state index contributed by atoms with van der Waals surface area (Å²) in [6.45, 7) is 10.3. The number of likely N-dealkylation sites (N-methyl/N-ethyl adjacent to an activating group) is 1. The minimum absolute atomic E-state index is 0.108. The second kappa shape index (κ2) is 7.61. The first-order chi connectivity index (χ1) is 9.36. The van der Waals surface area contributed by atoms with E-state index in [0.717, 1.165) is 13.1 Å². The van der Waals surface area contributed by atoms with Crippen molar-refractivity contribution in [2.45, 2.75) is 52.4 Å². The fourth-order valence-electron chi connectivity index (χ4n) is 2.86. The molecule has 0 aromatic carbocycles. The SMILES string of the molecule is CC1CN(C(C(=O)N(C)CCC#N)C(C)C)CC(C)O1. The molecule has 3 unspecified atom stereocenters. The minimum atomic E-state index is -0.132. The Bertz CT molecular complexity index is 355. The van der Waals surface area contributed by atoms with E-state index in [-0.39, 0.29) is 30.1 Å². The summed E-state index contributed by atoms with van der Waals surface area (Å²) in [5, 5.41) is 8.65. The Balaban J connectivity index is 2.77. The highest BCUT2D eigenvalue weighted by atomic mass is 16.5. The lowest BCUT2D eigenvalue weighted by molar-refractivity contribution is -0.144. The zero-order valence-corrected chi connectivity index (χ0v) is 13.3. The first-order valence-corrected chi connectivity index (χ1v) is 7.38. The lowest BCUT2D eigenvalue weighted by Crippen LogP contribution is -2.57. The fraction of sp³-hybridized carbons (Fsp3) is 0.867. The monoisotopic (exact) mass is 281 g/mol. The molecule has 1 heterocycles. The van der Waals surface area contributed by atoms with E-state index >= 15 is 0 Å². The van der Waals surface area contributed by atoms with Crippen molar-refractivity contribution in [2.24, 2.45) is 5.92 Å². The molecule has 5 nitrogen and oxygen atoms in total. The van der Waals surface area contributed by atoms with Crippen LogP contribution in [0, 0.1) is 17.2 Å². The lowest BCUT2D eigenvalue weighted by atomic mass is 9.99. The predicted octanol–water partition coefficient (Wildman–Crippen LogP) is 1.49. The van der Waals surface area contributed by atoms with Gasteiger partial charge in [0.1, 0.15) is 0 Å². The zero-order chi connectivity index (χ0) is 15.3. The van der Waals surface area contributed by atoms with E-state index < -0.39 is 0 Å². The van der Waals surface area contributed by atoms with Gasteiger partial charge < -0.3 is 9.64 Å². The molecule has 0 radical (unpaired) electrons. The van der Waals surface area contributed by atoms with Crippen LogP contribution in [0.3, 0.4) is 0 Å². The van der Waals surface area contributed by atoms with Crippen LogP contribution in [0.2, 0.25) is 0 Å². The number of nitriles is 1. The molecule has 0 aromatic heterocycles. The Morgan fingerprint density at radius 3 is 2.40 bits per heavy atom. The van der Waals surface area contributed by atoms with Gasteiger partial charge in [-0.2, -0.15) is 5.26 Å². The molecule has 1 rings (SSSR count). The van der Waals surface area contributed by atoms with Crippen LogP contribution in [0.1, 0.15) is 34.1 Å². The van der Waals surface area contributed by atoms with Crippen molar-refractivity contribution in [1.29, 1.82) is 5.26 Å². The first-order valence-electron chi connectivity index (χ1n) is 7.38. The van der Waals surface area contributed by atoms with E-state index in [0.29, 0.717) is 13.0 Å². The van der Waals surface area contributed by atoms with Gasteiger partial charge in [-0.3, -0.25) is 9.69 Å². The van der Waals surface area contributed by atoms with Crippen LogP contribution in [0.15, 0.2) is 0 Å². The van der Waals surface area contributed by atoms with Gasteiger partial charge in [0.2, 0.25) is 5.91 Å². The third-order valence-electron chi connectivity index (χ3n) is 3.66. The molecule has 1 amide bonds. The normalized spacial score (nSPS) is 25.2. The standard InChI is InChI=1S/C15H27N3O2/c1-11(2)14(15(19)17(5)8-6-7-16)18-9-12(3)20-13(4)10-18/h11-14H,6,8-10H2,1-5H3. The average molecular weight is 281 g/mol. The van der Waals surface area contributed by atoms with E-state index in [1.165, 1.54) is 0 Å². The predicted molar refractivity (Wildman–Crippen MR) is 78.1 cm³/mol. The lowest BCUT2D eigenvalue weighted by Gasteiger charge is -2.42. The van der Waals surface area contributed by atoms with Crippen LogP contribution < -0.4 is 0 Å². The van der Waals surface area contributed by atoms with Crippen molar-refractivity contribution in [1.82, 2.24) is 9.80 Å². The molecule has 0 N–H and O–H groups in total. The topological polar surface area (TPSA) is 56.6 Å². The second-order valence-corrected chi connectivity index (χ2v) is 6.07. The number of rotatable bonds is 5. The smallest absolute Gasteiger partial charge is 0.239 e. The minimum Gasteiger partial charge on any atom is -0.373 e. The maximum absolute atomic E-state index is 12.6. The third-order valence-corrected chi connectivity index (χ3v) is 3.66. The second-order valence-electron chi connectivity index (χ2n) is 6.07. The van der Waals surface area contributed by atoms with Crippen molar-refractivity contribution >= 4 is 5.91 Å². The summed E-state index contributed by atoms with van der Waals surface area (Å²) in [6.07, 6.45) is 0.678. The summed E-state index contributed by atoms with van der Waals surface area (Å²) in [4.78, 5) is 16.5. The van der Waals surface area contributed by atoms with Gasteiger partial charge in [-0.25, -0.2) is 0 Å². The summed E-state index contributed by atoms with van der Waals surface area (Å²) < 4.78 is 5.74. The van der Waals surface area contributed by atoms with Crippen molar-refractivity contribution in [3.8, 4) is 6.07 Å². The number of carbonyl (C=O) groups excluding carboxylic acids is 1. The van der Waals surface area contributed by atoms with Crippen molar-refractivity contribution in [3.63, 3.8) is 0 Å². The van der Waals surface area contributed by atoms with Crippen LogP contribution in [0.5, 0.6) is 0 Å². The van der Waals surface area contributed by atoms with E-state index in [2.05, 4.69) is 24.8 Å². The van der Waals surface area contributed by atoms with Crippen molar-refractivity contribution in [2.75, 3.05) is 26.7 Å². The number of carbonyl (C=O) groups is 1. The van der Waals surface area contributed by atoms with E-state index in [1.807, 2.05) is 13.8 Å². The summed E-state index contributed by atoms with van der Waals surface area (Å²) in [7, 11) is 1.78. The highest BCUT2D eigenvalue weighted by Crippen LogP contribution is 2.20. The Hall–Kier alpha value is -1.12. The number of amides is 1. The molecule has 1 aliphatic rings. The summed E-state index contributed by atoms with van der Waals surface area (Å²) in [5.74, 6) is 0.348. The molecule has 0 bridgehead atoms. The van der Waals surface area contributed by atoms with Crippen LogP contribution in [-0.2, 0) is 9.53 Å². The molecule has 114 valence electrons. The highest BCUT2D eigenvalue weighted by Gasteiger charge is 2.35. The van der Waals surface area contributed by atoms with Crippen molar-refractivity contribution < 1.29 is 9.53 Å². The number of morpholine rings is 1. The van der Waals surface area contributed by atoms with Crippen LogP contribution >= 0.6 is 0 Å². The van der Waals surface area contributed by atoms with Crippen LogP contribution in [0.25, 0.3) is 0 Å². The highest BCUT2D eigenvalue weighted by molar-refractivity contribution is 5.82. The fourth-order valence-corrected chi connectivity index (χ4v) is 2.86. The van der Waals surface area contributed by atoms with E-state index in [4.69, 9.17) is 10.00 Å². The Morgan fingerprint density at radius 1 is 1.40 bits per heavy atom. The Morgan fingerprint density at radius 2 is 1.95 bits per heavy atom. The number of ether oxygens (including phenoxy) is 1. The summed E-state index contributed by atoms with van der Waals surface area (Å²) in [5.41, 5.74) is 0. The van der Waals surface area contributed by atoms with Gasteiger partial charge in [0.05, 0.1) is 30.7 Å². The molecular weight excluding hydrogens is 254 g/mol. The van der Waals surface area contributed by atoms with Crippen molar-refractivity contribution in [3.05, 3.63) is 0 Å². The van der Waals surface area contributed by atoms with Gasteiger partial charge in [-0.05, 0) is 19.8 Å². The molecule has 1 fully saturated rings. The molecule has 0 aromatic rings. The first kappa shape index (κ1) is 16.9. The number of nitrogens with zero attached hydrogens (tertiary/aromatic N) is 3. The largest absolute Gasteiger partial charge is 0.373 e.